The molecule has 1 heterocycles. The number of pyridine rings is 1. The highest BCUT2D eigenvalue weighted by Crippen LogP contribution is 2.18. The van der Waals surface area contributed by atoms with Crippen molar-refractivity contribution >= 4 is 5.91 Å². The number of aliphatic hydroxyl groups is 1. The Labute approximate surface area is 136 Å². The second-order valence-electron chi connectivity index (χ2n) is 5.41. The molecule has 2 N–H and O–H groups in total. The Morgan fingerprint density at radius 1 is 1.17 bits per heavy atom. The molecule has 5 heteroatoms. The molecule has 0 aliphatic carbocycles. The molecule has 0 saturated carbocycles. The van der Waals surface area contributed by atoms with E-state index < -0.39 is 5.60 Å². The first-order valence-electron chi connectivity index (χ1n) is 7.76. The first-order chi connectivity index (χ1) is 11.1. The maximum Gasteiger partial charge on any atom is 0.252 e. The van der Waals surface area contributed by atoms with Crippen LogP contribution in [0.25, 0.3) is 0 Å². The molecule has 0 spiro atoms. The predicted octanol–water partition coefficient (Wildman–Crippen LogP) is 3.15. The van der Waals surface area contributed by atoms with Gasteiger partial charge in [0.2, 0.25) is 5.88 Å². The largest absolute Gasteiger partial charge is 0.439 e. The van der Waals surface area contributed by atoms with Gasteiger partial charge in [-0.15, -0.1) is 0 Å². The first-order valence-corrected chi connectivity index (χ1v) is 7.76. The molecule has 2 aromatic rings. The zero-order valence-electron chi connectivity index (χ0n) is 13.5. The number of hydrogen-bond acceptors (Lipinski definition) is 4. The normalized spacial score (nSPS) is 11.1. The zero-order valence-corrected chi connectivity index (χ0v) is 13.5. The zero-order chi connectivity index (χ0) is 16.7. The lowest BCUT2D eigenvalue weighted by Gasteiger charge is -2.25. The number of hydrogen-bond donors (Lipinski definition) is 2. The Kier molecular flexibility index (Phi) is 5.71. The van der Waals surface area contributed by atoms with Gasteiger partial charge in [-0.05, 0) is 31.0 Å². The van der Waals surface area contributed by atoms with Crippen LogP contribution in [0.1, 0.15) is 37.0 Å². The minimum atomic E-state index is -0.862. The van der Waals surface area contributed by atoms with E-state index in [2.05, 4.69) is 10.3 Å². The van der Waals surface area contributed by atoms with Gasteiger partial charge in [0.05, 0.1) is 11.2 Å². The number of nitrogens with zero attached hydrogens (tertiary/aromatic N) is 1. The Balaban J connectivity index is 1.95. The van der Waals surface area contributed by atoms with Crippen LogP contribution in [0, 0.1) is 0 Å². The molecule has 5 nitrogen and oxygen atoms in total. The third-order valence-corrected chi connectivity index (χ3v) is 3.86. The summed E-state index contributed by atoms with van der Waals surface area (Å²) in [5, 5.41) is 12.9. The second kappa shape index (κ2) is 7.74. The lowest BCUT2D eigenvalue weighted by atomic mass is 9.97. The predicted molar refractivity (Wildman–Crippen MR) is 88.6 cm³/mol. The van der Waals surface area contributed by atoms with Crippen LogP contribution in [0.5, 0.6) is 11.6 Å². The molecule has 122 valence electrons. The lowest BCUT2D eigenvalue weighted by molar-refractivity contribution is 0.0314. The van der Waals surface area contributed by atoms with Gasteiger partial charge in [0, 0.05) is 18.8 Å². The van der Waals surface area contributed by atoms with Crippen molar-refractivity contribution in [1.82, 2.24) is 10.3 Å². The molecule has 23 heavy (non-hydrogen) atoms. The van der Waals surface area contributed by atoms with Crippen LogP contribution in [0.2, 0.25) is 0 Å². The number of ether oxygens (including phenoxy) is 1. The standard InChI is InChI=1S/C18H22N2O3/c1-3-18(22,4-2)13-20-17(21)14-10-11-16(19-12-14)23-15-8-6-5-7-9-15/h5-12,22H,3-4,13H2,1-2H3,(H,20,21). The number of benzene rings is 1. The van der Waals surface area contributed by atoms with Crippen LogP contribution in [0.4, 0.5) is 0 Å². The molecular formula is C18H22N2O3. The number of aromatic nitrogens is 1. The highest BCUT2D eigenvalue weighted by molar-refractivity contribution is 5.93. The quantitative estimate of drug-likeness (QED) is 0.823. The van der Waals surface area contributed by atoms with Gasteiger partial charge < -0.3 is 15.2 Å². The summed E-state index contributed by atoms with van der Waals surface area (Å²) < 4.78 is 5.58. The van der Waals surface area contributed by atoms with Crippen molar-refractivity contribution in [3.8, 4) is 11.6 Å². The molecule has 1 aromatic heterocycles. The third kappa shape index (κ3) is 4.79. The molecule has 0 aliphatic heterocycles. The smallest absolute Gasteiger partial charge is 0.252 e. The van der Waals surface area contributed by atoms with E-state index in [0.29, 0.717) is 30.0 Å². The Morgan fingerprint density at radius 3 is 2.43 bits per heavy atom. The third-order valence-electron chi connectivity index (χ3n) is 3.86. The summed E-state index contributed by atoms with van der Waals surface area (Å²) in [5.74, 6) is 0.851. The summed E-state index contributed by atoms with van der Waals surface area (Å²) in [7, 11) is 0. The second-order valence-corrected chi connectivity index (χ2v) is 5.41. The fourth-order valence-corrected chi connectivity index (χ4v) is 2.03. The summed E-state index contributed by atoms with van der Waals surface area (Å²) >= 11 is 0. The molecule has 0 unspecified atom stereocenters. The van der Waals surface area contributed by atoms with Gasteiger partial charge >= 0.3 is 0 Å². The average molecular weight is 314 g/mol. The number of rotatable bonds is 7. The minimum absolute atomic E-state index is 0.223. The van der Waals surface area contributed by atoms with Crippen molar-refractivity contribution in [3.05, 3.63) is 54.2 Å². The maximum absolute atomic E-state index is 12.1. The summed E-state index contributed by atoms with van der Waals surface area (Å²) in [5.41, 5.74) is -0.431. The average Bonchev–Trinajstić information content (AvgIpc) is 2.61. The molecule has 0 aliphatic rings. The van der Waals surface area contributed by atoms with Gasteiger partial charge in [-0.1, -0.05) is 32.0 Å². The molecule has 0 fully saturated rings. The summed E-state index contributed by atoms with van der Waals surface area (Å²) in [4.78, 5) is 16.2. The van der Waals surface area contributed by atoms with E-state index in [1.54, 1.807) is 12.1 Å². The van der Waals surface area contributed by atoms with Gasteiger partial charge in [-0.25, -0.2) is 4.98 Å². The van der Waals surface area contributed by atoms with E-state index in [1.807, 2.05) is 44.2 Å². The minimum Gasteiger partial charge on any atom is -0.439 e. The molecule has 0 saturated heterocycles. The van der Waals surface area contributed by atoms with E-state index in [1.165, 1.54) is 6.20 Å². The van der Waals surface area contributed by atoms with Crippen molar-refractivity contribution in [3.63, 3.8) is 0 Å². The Bertz CT molecular complexity index is 622. The van der Waals surface area contributed by atoms with E-state index >= 15 is 0 Å². The van der Waals surface area contributed by atoms with Crippen molar-refractivity contribution < 1.29 is 14.6 Å². The van der Waals surface area contributed by atoms with E-state index in [4.69, 9.17) is 4.74 Å². The van der Waals surface area contributed by atoms with Crippen LogP contribution >= 0.6 is 0 Å². The van der Waals surface area contributed by atoms with E-state index in [9.17, 15) is 9.90 Å². The van der Waals surface area contributed by atoms with Crippen LogP contribution in [0.3, 0.4) is 0 Å². The molecule has 1 aromatic carbocycles. The molecule has 0 radical (unpaired) electrons. The van der Waals surface area contributed by atoms with Crippen molar-refractivity contribution in [2.75, 3.05) is 6.54 Å². The highest BCUT2D eigenvalue weighted by Gasteiger charge is 2.23. The van der Waals surface area contributed by atoms with E-state index in [0.717, 1.165) is 0 Å². The molecule has 0 bridgehead atoms. The summed E-state index contributed by atoms with van der Waals surface area (Å²) in [6.45, 7) is 4.01. The SMILES string of the molecule is CCC(O)(CC)CNC(=O)c1ccc(Oc2ccccc2)nc1. The van der Waals surface area contributed by atoms with Gasteiger partial charge in [-0.2, -0.15) is 0 Å². The van der Waals surface area contributed by atoms with Gasteiger partial charge in [0.15, 0.2) is 0 Å². The van der Waals surface area contributed by atoms with Crippen molar-refractivity contribution in [1.29, 1.82) is 0 Å². The molecule has 2 rings (SSSR count). The number of para-hydroxylation sites is 1. The van der Waals surface area contributed by atoms with Crippen LogP contribution in [0.15, 0.2) is 48.7 Å². The molecular weight excluding hydrogens is 292 g/mol. The molecule has 0 atom stereocenters. The fourth-order valence-electron chi connectivity index (χ4n) is 2.03. The van der Waals surface area contributed by atoms with Crippen molar-refractivity contribution in [2.24, 2.45) is 0 Å². The van der Waals surface area contributed by atoms with Crippen molar-refractivity contribution in [2.45, 2.75) is 32.3 Å². The van der Waals surface area contributed by atoms with Crippen LogP contribution in [-0.4, -0.2) is 28.1 Å². The topological polar surface area (TPSA) is 71.5 Å². The summed E-state index contributed by atoms with van der Waals surface area (Å²) in [6.07, 6.45) is 2.64. The Morgan fingerprint density at radius 2 is 1.87 bits per heavy atom. The van der Waals surface area contributed by atoms with Crippen LogP contribution in [-0.2, 0) is 0 Å². The maximum atomic E-state index is 12.1. The fraction of sp³-hybridized carbons (Fsp3) is 0.333. The number of carbonyl (C=O) groups excluding carboxylic acids is 1. The number of carbonyl (C=O) groups is 1. The van der Waals surface area contributed by atoms with Gasteiger partial charge in [-0.3, -0.25) is 4.79 Å². The lowest BCUT2D eigenvalue weighted by Crippen LogP contribution is -2.42. The highest BCUT2D eigenvalue weighted by atomic mass is 16.5. The summed E-state index contributed by atoms with van der Waals surface area (Å²) in [6, 6.07) is 12.6. The Hall–Kier alpha value is -2.40. The number of amides is 1. The van der Waals surface area contributed by atoms with Gasteiger partial charge in [0.1, 0.15) is 5.75 Å². The first kappa shape index (κ1) is 17.0. The molecule has 1 amide bonds. The monoisotopic (exact) mass is 314 g/mol. The van der Waals surface area contributed by atoms with Gasteiger partial charge in [0.25, 0.3) is 5.91 Å². The number of nitrogens with one attached hydrogen (secondary N) is 1. The van der Waals surface area contributed by atoms with Crippen LogP contribution < -0.4 is 10.1 Å². The van der Waals surface area contributed by atoms with E-state index in [-0.39, 0.29) is 12.5 Å².